The molecule has 6 heteroatoms. The molecule has 4 aromatic rings. The van der Waals surface area contributed by atoms with Gasteiger partial charge in [-0.2, -0.15) is 0 Å². The molecule has 1 aliphatic heterocycles. The number of para-hydroxylation sites is 1. The number of aromatic nitrogens is 3. The van der Waals surface area contributed by atoms with Crippen LogP contribution in [0.2, 0.25) is 0 Å². The van der Waals surface area contributed by atoms with E-state index in [2.05, 4.69) is 55.2 Å². The molecule has 1 saturated heterocycles. The highest BCUT2D eigenvalue weighted by atomic mass is 32.1. The first-order chi connectivity index (χ1) is 14.8. The molecule has 4 heterocycles. The summed E-state index contributed by atoms with van der Waals surface area (Å²) in [4.78, 5) is 11.3. The monoisotopic (exact) mass is 411 g/mol. The van der Waals surface area contributed by atoms with Crippen molar-refractivity contribution in [1.82, 2.24) is 19.9 Å². The summed E-state index contributed by atoms with van der Waals surface area (Å²) in [6, 6.07) is 26.4. The van der Waals surface area contributed by atoms with Crippen molar-refractivity contribution in [3.05, 3.63) is 115 Å². The normalized spacial score (nSPS) is 18.4. The molecule has 1 aliphatic rings. The average Bonchev–Trinajstić information content (AvgIpc) is 3.39. The van der Waals surface area contributed by atoms with Crippen molar-refractivity contribution >= 4 is 23.0 Å². The molecule has 0 aliphatic carbocycles. The van der Waals surface area contributed by atoms with Crippen LogP contribution in [0.25, 0.3) is 0 Å². The van der Waals surface area contributed by atoms with Crippen molar-refractivity contribution in [2.75, 3.05) is 4.90 Å². The molecule has 30 heavy (non-hydrogen) atoms. The molecule has 0 spiro atoms. The number of hydrogen-bond acceptors (Lipinski definition) is 3. The van der Waals surface area contributed by atoms with Gasteiger partial charge >= 0.3 is 0 Å². The zero-order valence-electron chi connectivity index (χ0n) is 16.3. The number of thiocarbonyl (C=S) groups is 1. The summed E-state index contributed by atoms with van der Waals surface area (Å²) in [6.07, 6.45) is 5.76. The summed E-state index contributed by atoms with van der Waals surface area (Å²) in [5.41, 5.74) is 4.20. The van der Waals surface area contributed by atoms with Gasteiger partial charge in [0.05, 0.1) is 24.0 Å². The minimum Gasteiger partial charge on any atom is -0.351 e. The van der Waals surface area contributed by atoms with Crippen LogP contribution in [0.4, 0.5) is 5.69 Å². The zero-order valence-corrected chi connectivity index (χ0v) is 17.1. The van der Waals surface area contributed by atoms with E-state index in [9.17, 15) is 0 Å². The second-order valence-corrected chi connectivity index (χ2v) is 7.60. The fraction of sp³-hybridized carbons (Fsp3) is 0.125. The third kappa shape index (κ3) is 3.46. The highest BCUT2D eigenvalue weighted by molar-refractivity contribution is 7.80. The van der Waals surface area contributed by atoms with Crippen LogP contribution in [0.5, 0.6) is 0 Å². The number of nitrogens with one attached hydrogen (secondary N) is 1. The smallest absolute Gasteiger partial charge is 0.174 e. The van der Waals surface area contributed by atoms with E-state index in [1.165, 1.54) is 0 Å². The standard InChI is InChI=1S/C24H21N5S/c30-24-27-22(20-12-5-7-15-26-20)23(29(24)19-10-2-1-3-11-19)21-13-8-16-28(21)17-18-9-4-6-14-25-18/h1-16,22-23H,17H2,(H,27,30)/t22-,23-/m1/s1. The highest BCUT2D eigenvalue weighted by Gasteiger charge is 2.41. The van der Waals surface area contributed by atoms with Gasteiger partial charge in [0.25, 0.3) is 0 Å². The summed E-state index contributed by atoms with van der Waals surface area (Å²) in [5.74, 6) is 0. The quantitative estimate of drug-likeness (QED) is 0.490. The van der Waals surface area contributed by atoms with Crippen molar-refractivity contribution in [3.8, 4) is 0 Å². The van der Waals surface area contributed by atoms with Crippen molar-refractivity contribution < 1.29 is 0 Å². The Bertz CT molecular complexity index is 1130. The second-order valence-electron chi connectivity index (χ2n) is 7.21. The molecular weight excluding hydrogens is 390 g/mol. The molecule has 1 fully saturated rings. The third-order valence-electron chi connectivity index (χ3n) is 5.36. The Morgan fingerprint density at radius 3 is 2.33 bits per heavy atom. The molecule has 1 N–H and O–H groups in total. The summed E-state index contributed by atoms with van der Waals surface area (Å²) >= 11 is 5.79. The minimum absolute atomic E-state index is 0.0338. The third-order valence-corrected chi connectivity index (χ3v) is 5.67. The van der Waals surface area contributed by atoms with Crippen LogP contribution >= 0.6 is 12.2 Å². The highest BCUT2D eigenvalue weighted by Crippen LogP contribution is 2.41. The molecule has 1 aromatic carbocycles. The summed E-state index contributed by atoms with van der Waals surface area (Å²) in [7, 11) is 0. The van der Waals surface area contributed by atoms with E-state index < -0.39 is 0 Å². The van der Waals surface area contributed by atoms with Crippen LogP contribution in [0.1, 0.15) is 29.2 Å². The number of nitrogens with zero attached hydrogens (tertiary/aromatic N) is 4. The van der Waals surface area contributed by atoms with Gasteiger partial charge in [0.2, 0.25) is 0 Å². The van der Waals surface area contributed by atoms with Gasteiger partial charge in [-0.15, -0.1) is 0 Å². The first-order valence-electron chi connectivity index (χ1n) is 9.92. The fourth-order valence-electron chi connectivity index (χ4n) is 4.03. The van der Waals surface area contributed by atoms with Gasteiger partial charge in [0.15, 0.2) is 5.11 Å². The van der Waals surface area contributed by atoms with E-state index in [4.69, 9.17) is 12.2 Å². The van der Waals surface area contributed by atoms with E-state index >= 15 is 0 Å². The molecule has 0 radical (unpaired) electrons. The van der Waals surface area contributed by atoms with Crippen LogP contribution in [0.15, 0.2) is 97.5 Å². The van der Waals surface area contributed by atoms with Crippen molar-refractivity contribution in [1.29, 1.82) is 0 Å². The van der Waals surface area contributed by atoms with Crippen LogP contribution in [0.3, 0.4) is 0 Å². The molecule has 5 rings (SSSR count). The van der Waals surface area contributed by atoms with Crippen LogP contribution in [-0.2, 0) is 6.54 Å². The maximum absolute atomic E-state index is 5.79. The first-order valence-corrected chi connectivity index (χ1v) is 10.3. The lowest BCUT2D eigenvalue weighted by molar-refractivity contribution is 0.532. The molecule has 3 aromatic heterocycles. The molecule has 0 bridgehead atoms. The summed E-state index contributed by atoms with van der Waals surface area (Å²) < 4.78 is 2.24. The predicted octanol–water partition coefficient (Wildman–Crippen LogP) is 4.50. The van der Waals surface area contributed by atoms with E-state index in [-0.39, 0.29) is 12.1 Å². The lowest BCUT2D eigenvalue weighted by Gasteiger charge is -2.29. The average molecular weight is 412 g/mol. The molecular formula is C24H21N5S. The molecule has 0 amide bonds. The van der Waals surface area contributed by atoms with Crippen LogP contribution in [-0.4, -0.2) is 19.6 Å². The number of hydrogen-bond donors (Lipinski definition) is 1. The number of benzene rings is 1. The maximum Gasteiger partial charge on any atom is 0.174 e. The lowest BCUT2D eigenvalue weighted by atomic mass is 10.0. The van der Waals surface area contributed by atoms with Gasteiger partial charge in [-0.25, -0.2) is 0 Å². The van der Waals surface area contributed by atoms with Gasteiger partial charge in [-0.05, 0) is 60.7 Å². The number of anilines is 1. The lowest BCUT2D eigenvalue weighted by Crippen LogP contribution is -2.30. The molecule has 0 saturated carbocycles. The van der Waals surface area contributed by atoms with E-state index in [1.807, 2.05) is 67.0 Å². The maximum atomic E-state index is 5.79. The van der Waals surface area contributed by atoms with E-state index in [0.717, 1.165) is 22.8 Å². The van der Waals surface area contributed by atoms with Crippen molar-refractivity contribution in [2.45, 2.75) is 18.6 Å². The number of rotatable bonds is 5. The Balaban J connectivity index is 1.60. The SMILES string of the molecule is S=C1N[C@H](c2ccccn2)[C@@H](c2cccn2Cc2ccccn2)N1c1ccccc1. The Labute approximate surface area is 181 Å². The Hall–Kier alpha value is -3.51. The topological polar surface area (TPSA) is 46.0 Å². The molecule has 5 nitrogen and oxygen atoms in total. The molecule has 148 valence electrons. The zero-order chi connectivity index (χ0) is 20.3. The predicted molar refractivity (Wildman–Crippen MR) is 122 cm³/mol. The minimum atomic E-state index is -0.0590. The van der Waals surface area contributed by atoms with Crippen LogP contribution < -0.4 is 10.2 Å². The Morgan fingerprint density at radius 1 is 0.833 bits per heavy atom. The molecule has 2 atom stereocenters. The van der Waals surface area contributed by atoms with Gasteiger partial charge in [0, 0.05) is 30.0 Å². The fourth-order valence-corrected chi connectivity index (χ4v) is 4.37. The second kappa shape index (κ2) is 8.08. The van der Waals surface area contributed by atoms with Gasteiger partial charge < -0.3 is 14.8 Å². The van der Waals surface area contributed by atoms with E-state index in [0.29, 0.717) is 11.7 Å². The Kier molecular flexibility index (Phi) is 4.99. The van der Waals surface area contributed by atoms with Gasteiger partial charge in [-0.3, -0.25) is 9.97 Å². The summed E-state index contributed by atoms with van der Waals surface area (Å²) in [6.45, 7) is 0.698. The number of pyridine rings is 2. The first kappa shape index (κ1) is 18.5. The molecule has 0 unspecified atom stereocenters. The van der Waals surface area contributed by atoms with Crippen molar-refractivity contribution in [3.63, 3.8) is 0 Å². The van der Waals surface area contributed by atoms with Gasteiger partial charge in [0.1, 0.15) is 6.04 Å². The van der Waals surface area contributed by atoms with Crippen LogP contribution in [0, 0.1) is 0 Å². The Morgan fingerprint density at radius 2 is 1.60 bits per heavy atom. The van der Waals surface area contributed by atoms with Crippen molar-refractivity contribution in [2.24, 2.45) is 0 Å². The van der Waals surface area contributed by atoms with Gasteiger partial charge in [-0.1, -0.05) is 30.3 Å². The largest absolute Gasteiger partial charge is 0.351 e. The summed E-state index contributed by atoms with van der Waals surface area (Å²) in [5, 5.41) is 4.22. The van der Waals surface area contributed by atoms with E-state index in [1.54, 1.807) is 0 Å².